The van der Waals surface area contributed by atoms with Crippen molar-refractivity contribution in [3.05, 3.63) is 89.0 Å². The van der Waals surface area contributed by atoms with E-state index in [0.717, 1.165) is 0 Å². The second-order valence-corrected chi connectivity index (χ2v) is 7.27. The summed E-state index contributed by atoms with van der Waals surface area (Å²) in [4.78, 5) is 29.1. The van der Waals surface area contributed by atoms with E-state index in [-0.39, 0.29) is 12.2 Å². The molecule has 0 unspecified atom stereocenters. The number of aromatic nitrogens is 2. The summed E-state index contributed by atoms with van der Waals surface area (Å²) in [7, 11) is 0. The maximum atomic E-state index is 12.4. The van der Waals surface area contributed by atoms with Gasteiger partial charge in [0, 0.05) is 35.8 Å². The van der Waals surface area contributed by atoms with E-state index in [4.69, 9.17) is 14.2 Å². The maximum Gasteiger partial charge on any atom is 0.323 e. The lowest BCUT2D eigenvalue weighted by atomic mass is 10.2. The molecule has 166 valence electrons. The van der Waals surface area contributed by atoms with Gasteiger partial charge >= 0.3 is 6.03 Å². The van der Waals surface area contributed by atoms with Crippen LogP contribution in [-0.4, -0.2) is 28.6 Å². The van der Waals surface area contributed by atoms with E-state index in [0.29, 0.717) is 53.2 Å². The quantitative estimate of drug-likeness (QED) is 0.487. The van der Waals surface area contributed by atoms with E-state index in [1.165, 1.54) is 10.5 Å². The molecule has 0 radical (unpaired) electrons. The molecule has 0 atom stereocenters. The van der Waals surface area contributed by atoms with Crippen molar-refractivity contribution in [2.24, 2.45) is 0 Å². The predicted octanol–water partition coefficient (Wildman–Crippen LogP) is 3.69. The summed E-state index contributed by atoms with van der Waals surface area (Å²) in [5.41, 5.74) is 2.02. The molecule has 0 spiro atoms. The molecule has 9 nitrogen and oxygen atoms in total. The molecule has 2 aromatic heterocycles. The molecule has 33 heavy (non-hydrogen) atoms. The Bertz CT molecular complexity index is 1380. The minimum Gasteiger partial charge on any atom is -0.487 e. The number of hydrogen-bond donors (Lipinski definition) is 2. The number of rotatable bonds is 5. The average Bonchev–Trinajstić information content (AvgIpc) is 2.83. The molecule has 9 heteroatoms. The third kappa shape index (κ3) is 4.72. The predicted molar refractivity (Wildman–Crippen MR) is 122 cm³/mol. The largest absolute Gasteiger partial charge is 0.487 e. The van der Waals surface area contributed by atoms with E-state index >= 15 is 0 Å². The highest BCUT2D eigenvalue weighted by Crippen LogP contribution is 2.32. The highest BCUT2D eigenvalue weighted by molar-refractivity contribution is 6.00. The van der Waals surface area contributed by atoms with Gasteiger partial charge in [-0.1, -0.05) is 12.1 Å². The maximum absolute atomic E-state index is 12.4. The molecule has 2 amide bonds. The zero-order chi connectivity index (χ0) is 22.6. The van der Waals surface area contributed by atoms with Crippen LogP contribution in [0.5, 0.6) is 17.2 Å². The fraction of sp³-hybridized carbons (Fsp3) is 0.125. The fourth-order valence-electron chi connectivity index (χ4n) is 3.41. The van der Waals surface area contributed by atoms with Gasteiger partial charge in [-0.25, -0.2) is 9.78 Å². The molecule has 0 saturated carbocycles. The van der Waals surface area contributed by atoms with Crippen molar-refractivity contribution in [2.45, 2.75) is 6.61 Å². The molecule has 0 bridgehead atoms. The van der Waals surface area contributed by atoms with Crippen molar-refractivity contribution in [2.75, 3.05) is 23.8 Å². The molecule has 4 aromatic rings. The van der Waals surface area contributed by atoms with Crippen molar-refractivity contribution in [1.29, 1.82) is 0 Å². The van der Waals surface area contributed by atoms with Crippen LogP contribution in [0, 0.1) is 0 Å². The lowest BCUT2D eigenvalue weighted by molar-refractivity contribution is 0.171. The number of pyridine rings is 1. The van der Waals surface area contributed by atoms with Crippen LogP contribution >= 0.6 is 0 Å². The Morgan fingerprint density at radius 1 is 0.939 bits per heavy atom. The van der Waals surface area contributed by atoms with Crippen LogP contribution in [0.2, 0.25) is 0 Å². The third-order valence-electron chi connectivity index (χ3n) is 4.90. The molecule has 2 N–H and O–H groups in total. The van der Waals surface area contributed by atoms with Crippen molar-refractivity contribution in [3.8, 4) is 17.2 Å². The Morgan fingerprint density at radius 3 is 2.64 bits per heavy atom. The van der Waals surface area contributed by atoms with Crippen LogP contribution in [0.25, 0.3) is 5.65 Å². The first-order valence-corrected chi connectivity index (χ1v) is 10.3. The van der Waals surface area contributed by atoms with Crippen LogP contribution in [0.15, 0.2) is 77.7 Å². The zero-order valence-corrected chi connectivity index (χ0v) is 17.5. The number of amides is 2. The molecule has 0 aliphatic carbocycles. The summed E-state index contributed by atoms with van der Waals surface area (Å²) in [5, 5.41) is 5.54. The number of anilines is 2. The summed E-state index contributed by atoms with van der Waals surface area (Å²) in [6, 6.07) is 18.6. The van der Waals surface area contributed by atoms with Gasteiger partial charge in [-0.3, -0.25) is 9.20 Å². The lowest BCUT2D eigenvalue weighted by Crippen LogP contribution is -2.20. The summed E-state index contributed by atoms with van der Waals surface area (Å²) in [5.74, 6) is 1.78. The molecule has 3 heterocycles. The van der Waals surface area contributed by atoms with E-state index in [1.54, 1.807) is 60.8 Å². The molecule has 1 aliphatic rings. The number of nitrogens with zero attached hydrogens (tertiary/aromatic N) is 2. The minimum atomic E-state index is -0.409. The molecule has 0 saturated heterocycles. The summed E-state index contributed by atoms with van der Waals surface area (Å²) >= 11 is 0. The Morgan fingerprint density at radius 2 is 1.76 bits per heavy atom. The van der Waals surface area contributed by atoms with Crippen LogP contribution in [0.3, 0.4) is 0 Å². The summed E-state index contributed by atoms with van der Waals surface area (Å²) in [6.07, 6.45) is 1.67. The fourth-order valence-corrected chi connectivity index (χ4v) is 3.41. The van der Waals surface area contributed by atoms with Gasteiger partial charge in [-0.2, -0.15) is 0 Å². The third-order valence-corrected chi connectivity index (χ3v) is 4.90. The number of urea groups is 1. The number of ether oxygens (including phenoxy) is 3. The van der Waals surface area contributed by atoms with Crippen molar-refractivity contribution in [1.82, 2.24) is 9.38 Å². The molecule has 0 fully saturated rings. The number of carbonyl (C=O) groups is 1. The number of fused-ring (bicyclic) bond motifs is 2. The van der Waals surface area contributed by atoms with E-state index < -0.39 is 6.03 Å². The van der Waals surface area contributed by atoms with Gasteiger partial charge in [0.25, 0.3) is 5.56 Å². The number of hydrogen-bond acceptors (Lipinski definition) is 6. The Balaban J connectivity index is 1.22. The van der Waals surface area contributed by atoms with Crippen LogP contribution < -0.4 is 30.4 Å². The number of nitrogens with one attached hydrogen (secondary N) is 2. The van der Waals surface area contributed by atoms with Crippen LogP contribution in [0.4, 0.5) is 16.2 Å². The van der Waals surface area contributed by atoms with E-state index in [9.17, 15) is 9.59 Å². The van der Waals surface area contributed by atoms with Gasteiger partial charge in [-0.05, 0) is 36.4 Å². The van der Waals surface area contributed by atoms with Gasteiger partial charge in [0.2, 0.25) is 0 Å². The molecular formula is C24H20N4O5. The van der Waals surface area contributed by atoms with E-state index in [2.05, 4.69) is 15.6 Å². The second kappa shape index (κ2) is 8.91. The highest BCUT2D eigenvalue weighted by Gasteiger charge is 2.13. The van der Waals surface area contributed by atoms with Gasteiger partial charge in [0.15, 0.2) is 11.5 Å². The first-order chi connectivity index (χ1) is 16.1. The molecule has 5 rings (SSSR count). The van der Waals surface area contributed by atoms with Gasteiger partial charge < -0.3 is 24.8 Å². The topological polar surface area (TPSA) is 103 Å². The Labute approximate surface area is 188 Å². The Hall–Kier alpha value is -4.53. The normalized spacial score (nSPS) is 12.2. The first kappa shape index (κ1) is 20.4. The number of benzene rings is 2. The van der Waals surface area contributed by atoms with Crippen molar-refractivity contribution in [3.63, 3.8) is 0 Å². The molecule has 2 aromatic carbocycles. The average molecular weight is 444 g/mol. The smallest absolute Gasteiger partial charge is 0.323 e. The zero-order valence-electron chi connectivity index (χ0n) is 17.5. The minimum absolute atomic E-state index is 0.119. The summed E-state index contributed by atoms with van der Waals surface area (Å²) in [6.45, 7) is 1.10. The Kier molecular flexibility index (Phi) is 5.50. The van der Waals surface area contributed by atoms with Crippen LogP contribution in [0.1, 0.15) is 5.69 Å². The lowest BCUT2D eigenvalue weighted by Gasteiger charge is -2.19. The molecule has 1 aliphatic heterocycles. The van der Waals surface area contributed by atoms with Crippen LogP contribution in [-0.2, 0) is 6.61 Å². The van der Waals surface area contributed by atoms with Gasteiger partial charge in [-0.15, -0.1) is 0 Å². The van der Waals surface area contributed by atoms with Crippen molar-refractivity contribution >= 4 is 23.1 Å². The summed E-state index contributed by atoms with van der Waals surface area (Å²) < 4.78 is 18.3. The first-order valence-electron chi connectivity index (χ1n) is 10.3. The number of carbonyl (C=O) groups excluding carboxylic acids is 1. The SMILES string of the molecule is O=C(Nc1cccc(OCc2cc(=O)n3ccccc3n2)c1)Nc1ccc2c(c1)OCCO2. The van der Waals surface area contributed by atoms with Gasteiger partial charge in [0.1, 0.15) is 31.2 Å². The van der Waals surface area contributed by atoms with Gasteiger partial charge in [0.05, 0.1) is 5.69 Å². The second-order valence-electron chi connectivity index (χ2n) is 7.27. The standard InChI is InChI=1S/C24H20N4O5/c29-23-14-18(25-22-6-1-2-9-28(22)23)15-33-19-5-3-4-16(12-19)26-24(30)27-17-7-8-20-21(13-17)32-11-10-31-20/h1-9,12-14H,10-11,15H2,(H2,26,27,30). The van der Waals surface area contributed by atoms with E-state index in [1.807, 2.05) is 6.07 Å². The highest BCUT2D eigenvalue weighted by atomic mass is 16.6. The molecular weight excluding hydrogens is 424 g/mol. The van der Waals surface area contributed by atoms with Crippen molar-refractivity contribution < 1.29 is 19.0 Å². The monoisotopic (exact) mass is 444 g/mol.